The zero-order valence-corrected chi connectivity index (χ0v) is 34.0. The summed E-state index contributed by atoms with van der Waals surface area (Å²) in [5.41, 5.74) is 0.313. The van der Waals surface area contributed by atoms with Crippen molar-refractivity contribution in [2.45, 2.75) is 92.5 Å². The number of phenols is 2. The van der Waals surface area contributed by atoms with Crippen LogP contribution in [0.15, 0.2) is 36.1 Å². The zero-order valence-electron chi connectivity index (χ0n) is 34.0. The molecule has 0 radical (unpaired) electrons. The van der Waals surface area contributed by atoms with E-state index in [0.29, 0.717) is 0 Å². The van der Waals surface area contributed by atoms with Gasteiger partial charge in [-0.15, -0.1) is 0 Å². The molecular formula is C42H52N2O13. The fraction of sp³-hybridized carbons (Fsp3) is 0.476. The highest BCUT2D eigenvalue weighted by Gasteiger charge is 2.50. The Bertz CT molecular complexity index is 2220. The molecule has 308 valence electrons. The van der Waals surface area contributed by atoms with Gasteiger partial charge in [0, 0.05) is 72.2 Å². The molecule has 0 aliphatic carbocycles. The number of hydrogen-bond donors (Lipinski definition) is 6. The molecule has 0 saturated heterocycles. The fourth-order valence-electron chi connectivity index (χ4n) is 7.91. The van der Waals surface area contributed by atoms with Crippen LogP contribution in [0.5, 0.6) is 17.2 Å². The van der Waals surface area contributed by atoms with Crippen LogP contribution in [-0.2, 0) is 28.5 Å². The molecule has 5 rings (SSSR count). The number of aromatic nitrogens is 1. The van der Waals surface area contributed by atoms with E-state index in [2.05, 4.69) is 10.3 Å². The van der Waals surface area contributed by atoms with Gasteiger partial charge in [0.1, 0.15) is 17.6 Å². The molecule has 2 aliphatic heterocycles. The summed E-state index contributed by atoms with van der Waals surface area (Å²) in [6.45, 7) is 14.1. The Morgan fingerprint density at radius 3 is 2.18 bits per heavy atom. The van der Waals surface area contributed by atoms with Crippen LogP contribution in [0.2, 0.25) is 0 Å². The number of ketones is 1. The molecule has 15 nitrogen and oxygen atoms in total. The van der Waals surface area contributed by atoms with Crippen LogP contribution in [-0.4, -0.2) is 93.5 Å². The Morgan fingerprint density at radius 2 is 1.56 bits per heavy atom. The lowest BCUT2D eigenvalue weighted by molar-refractivity contribution is -0.160. The van der Waals surface area contributed by atoms with Crippen LogP contribution in [0.1, 0.15) is 80.4 Å². The Kier molecular flexibility index (Phi) is 12.2. The number of rotatable bonds is 3. The molecule has 15 heteroatoms. The highest BCUT2D eigenvalue weighted by molar-refractivity contribution is 6.31. The van der Waals surface area contributed by atoms with E-state index in [-0.39, 0.29) is 61.1 Å². The van der Waals surface area contributed by atoms with Crippen LogP contribution in [0, 0.1) is 37.5 Å². The summed E-state index contributed by atoms with van der Waals surface area (Å²) in [4.78, 5) is 56.9. The second-order valence-electron chi connectivity index (χ2n) is 15.2. The molecule has 0 fully saturated rings. The van der Waals surface area contributed by atoms with Crippen molar-refractivity contribution in [1.29, 1.82) is 0 Å². The number of Topliss-reactive ketones (excluding diaryl/α,β-unsaturated/α-hetero) is 1. The maximum atomic E-state index is 14.5. The first-order valence-electron chi connectivity index (χ1n) is 18.7. The number of aromatic amines is 1. The van der Waals surface area contributed by atoms with Gasteiger partial charge < -0.3 is 54.4 Å². The third-order valence-electron chi connectivity index (χ3n) is 11.3. The number of fused-ring (bicyclic) bond motifs is 1. The number of methoxy groups -OCH3 is 2. The van der Waals surface area contributed by atoms with E-state index in [4.69, 9.17) is 23.7 Å². The molecule has 1 aromatic heterocycles. The molecule has 3 heterocycles. The van der Waals surface area contributed by atoms with Gasteiger partial charge in [0.15, 0.2) is 5.75 Å². The number of ether oxygens (including phenoxy) is 5. The lowest BCUT2D eigenvalue weighted by Gasteiger charge is -2.38. The van der Waals surface area contributed by atoms with Crippen molar-refractivity contribution in [2.75, 3.05) is 19.5 Å². The number of hydrogen-bond acceptors (Lipinski definition) is 13. The molecule has 9 atom stereocenters. The number of anilines is 1. The molecule has 6 N–H and O–H groups in total. The Hall–Kier alpha value is -5.38. The molecule has 9 unspecified atom stereocenters. The van der Waals surface area contributed by atoms with E-state index >= 15 is 0 Å². The first-order valence-corrected chi connectivity index (χ1v) is 18.7. The average molecular weight is 793 g/mol. The summed E-state index contributed by atoms with van der Waals surface area (Å²) in [7, 11) is 2.61. The van der Waals surface area contributed by atoms with Crippen LogP contribution in [0.25, 0.3) is 21.7 Å². The third kappa shape index (κ3) is 7.46. The molecule has 3 aromatic rings. The zero-order chi connectivity index (χ0) is 42.4. The van der Waals surface area contributed by atoms with Crippen LogP contribution >= 0.6 is 0 Å². The number of carbonyl (C=O) groups excluding carboxylic acids is 4. The van der Waals surface area contributed by atoms with Gasteiger partial charge in [-0.05, 0) is 26.8 Å². The van der Waals surface area contributed by atoms with Gasteiger partial charge >= 0.3 is 17.7 Å². The maximum Gasteiger partial charge on any atom is 0.340 e. The number of carbonyl (C=O) groups is 4. The molecule has 2 aliphatic rings. The van der Waals surface area contributed by atoms with Gasteiger partial charge in [-0.3, -0.25) is 14.4 Å². The number of esters is 2. The quantitative estimate of drug-likeness (QED) is 0.140. The minimum Gasteiger partial charge on any atom is -0.507 e. The van der Waals surface area contributed by atoms with Crippen molar-refractivity contribution in [3.05, 3.63) is 58.5 Å². The minimum absolute atomic E-state index is 0.00439. The smallest absolute Gasteiger partial charge is 0.340 e. The van der Waals surface area contributed by atoms with E-state index in [1.54, 1.807) is 46.8 Å². The van der Waals surface area contributed by atoms with Crippen molar-refractivity contribution in [3.8, 4) is 17.2 Å². The summed E-state index contributed by atoms with van der Waals surface area (Å²) in [6.07, 6.45) is 3.54. The molecular weight excluding hydrogens is 740 g/mol. The van der Waals surface area contributed by atoms with Crippen LogP contribution in [0.4, 0.5) is 5.69 Å². The van der Waals surface area contributed by atoms with Crippen molar-refractivity contribution < 1.29 is 63.3 Å². The summed E-state index contributed by atoms with van der Waals surface area (Å²) < 4.78 is 28.7. The number of aromatic hydroxyl groups is 2. The fourth-order valence-corrected chi connectivity index (χ4v) is 7.91. The normalized spacial score (nSPS) is 28.6. The number of aliphatic hydroxyl groups excluding tert-OH is 2. The van der Waals surface area contributed by atoms with Crippen molar-refractivity contribution >= 4 is 51.0 Å². The van der Waals surface area contributed by atoms with Gasteiger partial charge in [0.25, 0.3) is 11.7 Å². The number of nitrogens with one attached hydrogen (secondary N) is 2. The van der Waals surface area contributed by atoms with Crippen molar-refractivity contribution in [2.24, 2.45) is 23.7 Å². The summed E-state index contributed by atoms with van der Waals surface area (Å²) in [6, 6.07) is 0. The molecule has 0 spiro atoms. The monoisotopic (exact) mass is 792 g/mol. The Labute approximate surface area is 330 Å². The maximum absolute atomic E-state index is 14.5. The first-order chi connectivity index (χ1) is 26.7. The predicted octanol–water partition coefficient (Wildman–Crippen LogP) is 5.62. The standard InChI is InChI=1S/C42H52N2O13/c1-17-13-12-14-18(2)40(51)44-32-28-26(41(52)54-11)23(7)43-31(28)27-29(36(32)49)35(48)22(6)38-30(27)39(50)42(9,57-38)55-16-15-25(53-10)19(3)37(56-24(8)45)21(5)34(47)20(4)33(17)46/h12-17,19-21,25,33-34,37,43,46-49H,1-11H3,(H,44,51). The second-order valence-corrected chi connectivity index (χ2v) is 15.2. The highest BCUT2D eigenvalue weighted by Crippen LogP contribution is 2.54. The molecule has 4 bridgehead atoms. The Balaban J connectivity index is 1.77. The molecule has 2 aromatic carbocycles. The second kappa shape index (κ2) is 16.2. The largest absolute Gasteiger partial charge is 0.507 e. The van der Waals surface area contributed by atoms with E-state index in [9.17, 15) is 39.6 Å². The number of H-pyrrole nitrogens is 1. The summed E-state index contributed by atoms with van der Waals surface area (Å²) in [5.74, 6) is -8.40. The van der Waals surface area contributed by atoms with Gasteiger partial charge in [0.05, 0.1) is 59.4 Å². The Morgan fingerprint density at radius 1 is 0.895 bits per heavy atom. The average Bonchev–Trinajstić information content (AvgIpc) is 3.65. The van der Waals surface area contributed by atoms with E-state index in [1.165, 1.54) is 60.3 Å². The minimum atomic E-state index is -2.02. The van der Waals surface area contributed by atoms with Gasteiger partial charge in [-0.2, -0.15) is 0 Å². The molecule has 1 amide bonds. The first kappa shape index (κ1) is 42.8. The lowest BCUT2D eigenvalue weighted by Crippen LogP contribution is -2.46. The highest BCUT2D eigenvalue weighted by atomic mass is 16.7. The van der Waals surface area contributed by atoms with Gasteiger partial charge in [-0.25, -0.2) is 4.79 Å². The molecule has 57 heavy (non-hydrogen) atoms. The van der Waals surface area contributed by atoms with Gasteiger partial charge in [-0.1, -0.05) is 45.9 Å². The van der Waals surface area contributed by atoms with Crippen LogP contribution < -0.4 is 10.1 Å². The summed E-state index contributed by atoms with van der Waals surface area (Å²) in [5, 5.41) is 48.9. The van der Waals surface area contributed by atoms with E-state index in [1.807, 2.05) is 0 Å². The summed E-state index contributed by atoms with van der Waals surface area (Å²) >= 11 is 0. The van der Waals surface area contributed by atoms with Crippen LogP contribution in [0.3, 0.4) is 0 Å². The topological polar surface area (TPSA) is 223 Å². The number of allylic oxidation sites excluding steroid dienone is 2. The number of phenolic OH excluding ortho intramolecular Hbond substituents is 2. The number of aliphatic hydroxyl groups is 2. The van der Waals surface area contributed by atoms with E-state index < -0.39 is 89.0 Å². The number of amides is 1. The van der Waals surface area contributed by atoms with Crippen molar-refractivity contribution in [3.63, 3.8) is 0 Å². The van der Waals surface area contributed by atoms with Crippen molar-refractivity contribution in [1.82, 2.24) is 4.98 Å². The SMILES string of the molecule is COC(=O)c1c(C)[nH]c2c1c1c(O)c3c(O)c(C)c4c(c32)C(=O)C(C)(OC=CC(OC)C(C)C(OC(C)=O)C(C)C(O)C(C)C(O)C(C)C=CC=C(C)C(=O)N1)O4. The third-order valence-corrected chi connectivity index (χ3v) is 11.3. The molecule has 0 saturated carbocycles. The number of benzene rings is 2. The van der Waals surface area contributed by atoms with Gasteiger partial charge in [0.2, 0.25) is 0 Å². The van der Waals surface area contributed by atoms with E-state index in [0.717, 1.165) is 0 Å². The predicted molar refractivity (Wildman–Crippen MR) is 210 cm³/mol. The number of aryl methyl sites for hydroxylation is 1. The lowest BCUT2D eigenvalue weighted by atomic mass is 9.78.